The molecule has 0 saturated heterocycles. The van der Waals surface area contributed by atoms with Crippen molar-refractivity contribution >= 4 is 17.3 Å². The summed E-state index contributed by atoms with van der Waals surface area (Å²) in [6.07, 6.45) is 17.4. The summed E-state index contributed by atoms with van der Waals surface area (Å²) in [4.78, 5) is 16.8. The maximum Gasteiger partial charge on any atom is 0.311 e. The molecule has 0 bridgehead atoms. The first-order valence-corrected chi connectivity index (χ1v) is 16.1. The fourth-order valence-corrected chi connectivity index (χ4v) is 6.61. The predicted octanol–water partition coefficient (Wildman–Crippen LogP) is 9.02. The number of carbonyl (C=O) groups is 1. The monoisotopic (exact) mass is 525 g/mol. The molecule has 1 aliphatic carbocycles. The minimum Gasteiger partial charge on any atom is -0.426 e. The summed E-state index contributed by atoms with van der Waals surface area (Å²) in [6.45, 7) is 9.16. The summed E-state index contributed by atoms with van der Waals surface area (Å²) in [6, 6.07) is 11.3. The Bertz CT molecular complexity index is 894. The molecule has 0 spiro atoms. The third kappa shape index (κ3) is 10.2. The summed E-state index contributed by atoms with van der Waals surface area (Å²) >= 11 is 1.86. The Morgan fingerprint density at radius 3 is 2.59 bits per heavy atom. The lowest BCUT2D eigenvalue weighted by atomic mass is 9.86. The van der Waals surface area contributed by atoms with E-state index in [0.29, 0.717) is 12.5 Å². The molecule has 2 atom stereocenters. The van der Waals surface area contributed by atoms with Crippen LogP contribution in [0.3, 0.4) is 0 Å². The number of fused-ring (bicyclic) bond motifs is 1. The summed E-state index contributed by atoms with van der Waals surface area (Å²) < 4.78 is 5.91. The second kappa shape index (κ2) is 17.0. The molecular formula is C33H51NO2S. The molecule has 2 aromatic rings. The van der Waals surface area contributed by atoms with Crippen LogP contribution in [0.5, 0.6) is 5.75 Å². The zero-order chi connectivity index (χ0) is 26.3. The Kier molecular flexibility index (Phi) is 13.8. The number of ether oxygens (including phenoxy) is 1. The van der Waals surface area contributed by atoms with Gasteiger partial charge in [0.2, 0.25) is 0 Å². The van der Waals surface area contributed by atoms with Crippen LogP contribution in [0.2, 0.25) is 0 Å². The van der Waals surface area contributed by atoms with Crippen LogP contribution in [0, 0.1) is 5.92 Å². The van der Waals surface area contributed by atoms with E-state index in [1.807, 2.05) is 17.4 Å². The molecule has 2 unspecified atom stereocenters. The first-order valence-electron chi connectivity index (χ1n) is 15.2. The molecule has 4 heteroatoms. The quantitative estimate of drug-likeness (QED) is 0.110. The van der Waals surface area contributed by atoms with Gasteiger partial charge in [0.25, 0.3) is 0 Å². The Morgan fingerprint density at radius 2 is 1.84 bits per heavy atom. The van der Waals surface area contributed by atoms with Gasteiger partial charge in [-0.25, -0.2) is 0 Å². The van der Waals surface area contributed by atoms with E-state index in [-0.39, 0.29) is 5.97 Å². The molecule has 3 rings (SSSR count). The Morgan fingerprint density at radius 1 is 1.00 bits per heavy atom. The van der Waals surface area contributed by atoms with E-state index < -0.39 is 0 Å². The lowest BCUT2D eigenvalue weighted by molar-refractivity contribution is -0.134. The minimum atomic E-state index is -0.0616. The van der Waals surface area contributed by atoms with Crippen LogP contribution >= 0.6 is 11.3 Å². The Balaban J connectivity index is 1.42. The second-order valence-electron chi connectivity index (χ2n) is 11.0. The molecule has 1 aromatic heterocycles. The average molecular weight is 526 g/mol. The molecular weight excluding hydrogens is 474 g/mol. The molecule has 1 aliphatic rings. The first kappa shape index (κ1) is 29.9. The summed E-state index contributed by atoms with van der Waals surface area (Å²) in [5, 5.41) is 2.18. The smallest absolute Gasteiger partial charge is 0.311 e. The molecule has 0 saturated carbocycles. The third-order valence-electron chi connectivity index (χ3n) is 8.18. The number of hydrogen-bond acceptors (Lipinski definition) is 4. The SMILES string of the molecule is CCCCC(CC)CCCCCCC(=O)Oc1cccc2c1CCC(N(CCC)CCc1cccs1)C2. The molecule has 0 amide bonds. The molecule has 37 heavy (non-hydrogen) atoms. The van der Waals surface area contributed by atoms with E-state index in [0.717, 1.165) is 63.3 Å². The fraction of sp³-hybridized carbons (Fsp3) is 0.667. The normalized spacial score (nSPS) is 16.1. The van der Waals surface area contributed by atoms with E-state index in [4.69, 9.17) is 4.74 Å². The van der Waals surface area contributed by atoms with Crippen molar-refractivity contribution in [2.75, 3.05) is 13.1 Å². The number of unbranched alkanes of at least 4 members (excludes halogenated alkanes) is 4. The van der Waals surface area contributed by atoms with Gasteiger partial charge >= 0.3 is 5.97 Å². The molecule has 3 nitrogen and oxygen atoms in total. The average Bonchev–Trinajstić information content (AvgIpc) is 3.44. The van der Waals surface area contributed by atoms with Crippen molar-refractivity contribution in [1.29, 1.82) is 0 Å². The van der Waals surface area contributed by atoms with Crippen molar-refractivity contribution in [1.82, 2.24) is 4.90 Å². The Hall–Kier alpha value is -1.65. The van der Waals surface area contributed by atoms with Crippen molar-refractivity contribution < 1.29 is 9.53 Å². The number of benzene rings is 1. The highest BCUT2D eigenvalue weighted by molar-refractivity contribution is 7.09. The zero-order valence-corrected chi connectivity index (χ0v) is 24.6. The second-order valence-corrected chi connectivity index (χ2v) is 12.0. The van der Waals surface area contributed by atoms with E-state index in [1.54, 1.807) is 0 Å². The molecule has 0 radical (unpaired) electrons. The molecule has 0 N–H and O–H groups in total. The van der Waals surface area contributed by atoms with Gasteiger partial charge in [0.1, 0.15) is 5.75 Å². The standard InChI is InChI=1S/C33H51NO2S/c1-4-7-14-27(6-3)15-10-8-9-11-19-33(35)36-32-18-12-16-28-26-29(20-21-31(28)32)34(23-5-2)24-22-30-17-13-25-37-30/h12-13,16-18,25,27,29H,4-11,14-15,19-24,26H2,1-3H3. The number of carbonyl (C=O) groups excluding carboxylic acids is 1. The fourth-order valence-electron chi connectivity index (χ4n) is 5.91. The first-order chi connectivity index (χ1) is 18.1. The van der Waals surface area contributed by atoms with Gasteiger partial charge in [-0.1, -0.05) is 90.3 Å². The van der Waals surface area contributed by atoms with Gasteiger partial charge in [0.05, 0.1) is 0 Å². The molecule has 1 heterocycles. The van der Waals surface area contributed by atoms with E-state index in [1.165, 1.54) is 67.4 Å². The van der Waals surface area contributed by atoms with Crippen LogP contribution in [-0.4, -0.2) is 30.0 Å². The van der Waals surface area contributed by atoms with E-state index >= 15 is 0 Å². The largest absolute Gasteiger partial charge is 0.426 e. The van der Waals surface area contributed by atoms with Gasteiger partial charge in [-0.3, -0.25) is 9.69 Å². The number of nitrogens with zero attached hydrogens (tertiary/aromatic N) is 1. The summed E-state index contributed by atoms with van der Waals surface area (Å²) in [5.41, 5.74) is 2.63. The van der Waals surface area contributed by atoms with Gasteiger partial charge < -0.3 is 4.74 Å². The van der Waals surface area contributed by atoms with Crippen molar-refractivity contribution in [3.63, 3.8) is 0 Å². The van der Waals surface area contributed by atoms with E-state index in [9.17, 15) is 4.79 Å². The van der Waals surface area contributed by atoms with Gasteiger partial charge in [0.15, 0.2) is 0 Å². The molecule has 0 aliphatic heterocycles. The van der Waals surface area contributed by atoms with Crippen LogP contribution in [0.25, 0.3) is 0 Å². The maximum atomic E-state index is 12.6. The summed E-state index contributed by atoms with van der Waals surface area (Å²) in [7, 11) is 0. The van der Waals surface area contributed by atoms with Gasteiger partial charge in [-0.05, 0) is 79.6 Å². The molecule has 1 aromatic carbocycles. The zero-order valence-electron chi connectivity index (χ0n) is 23.8. The number of esters is 1. The Labute approximate surface area is 231 Å². The van der Waals surface area contributed by atoms with Crippen molar-refractivity contribution in [2.45, 2.75) is 123 Å². The number of hydrogen-bond donors (Lipinski definition) is 0. The maximum absolute atomic E-state index is 12.6. The van der Waals surface area contributed by atoms with Crippen LogP contribution in [0.15, 0.2) is 35.7 Å². The van der Waals surface area contributed by atoms with Crippen molar-refractivity contribution in [3.05, 3.63) is 51.7 Å². The minimum absolute atomic E-state index is 0.0616. The van der Waals surface area contributed by atoms with E-state index in [2.05, 4.69) is 55.3 Å². The van der Waals surface area contributed by atoms with Gasteiger partial charge in [-0.2, -0.15) is 0 Å². The van der Waals surface area contributed by atoms with Crippen molar-refractivity contribution in [2.24, 2.45) is 5.92 Å². The van der Waals surface area contributed by atoms with Gasteiger partial charge in [-0.15, -0.1) is 11.3 Å². The number of rotatable bonds is 18. The van der Waals surface area contributed by atoms with Crippen LogP contribution in [-0.2, 0) is 24.1 Å². The van der Waals surface area contributed by atoms with Crippen LogP contribution in [0.1, 0.15) is 114 Å². The molecule has 206 valence electrons. The predicted molar refractivity (Wildman–Crippen MR) is 159 cm³/mol. The third-order valence-corrected chi connectivity index (χ3v) is 9.11. The van der Waals surface area contributed by atoms with Crippen LogP contribution < -0.4 is 4.74 Å². The van der Waals surface area contributed by atoms with Crippen LogP contribution in [0.4, 0.5) is 0 Å². The highest BCUT2D eigenvalue weighted by Gasteiger charge is 2.26. The topological polar surface area (TPSA) is 29.5 Å². The highest BCUT2D eigenvalue weighted by Crippen LogP contribution is 2.32. The molecule has 0 fully saturated rings. The lowest BCUT2D eigenvalue weighted by Gasteiger charge is -2.35. The van der Waals surface area contributed by atoms with Crippen molar-refractivity contribution in [3.8, 4) is 5.75 Å². The highest BCUT2D eigenvalue weighted by atomic mass is 32.1. The lowest BCUT2D eigenvalue weighted by Crippen LogP contribution is -2.41. The van der Waals surface area contributed by atoms with Gasteiger partial charge in [0, 0.05) is 23.9 Å². The number of thiophene rings is 1. The summed E-state index contributed by atoms with van der Waals surface area (Å²) in [5.74, 6) is 1.64.